The number of benzene rings is 2. The van der Waals surface area contributed by atoms with Crippen LogP contribution in [0.5, 0.6) is 5.75 Å². The van der Waals surface area contributed by atoms with E-state index in [1.807, 2.05) is 23.7 Å². The second-order valence-corrected chi connectivity index (χ2v) is 9.22. The van der Waals surface area contributed by atoms with Gasteiger partial charge in [0.25, 0.3) is 0 Å². The zero-order valence-electron chi connectivity index (χ0n) is 16.0. The standard InChI is InChI=1S/C23H30OS2/c1-3-4-5-6-7-8-9-10-11-20-13-19-12-17-14-21(24)23(25-2)16-18(17)15-22(19)26-20/h12-16,24H,3-11H2,1-2H3. The van der Waals surface area contributed by atoms with Crippen molar-refractivity contribution in [3.63, 3.8) is 0 Å². The Morgan fingerprint density at radius 3 is 2.23 bits per heavy atom. The minimum absolute atomic E-state index is 0.388. The predicted molar refractivity (Wildman–Crippen MR) is 119 cm³/mol. The van der Waals surface area contributed by atoms with Gasteiger partial charge in [-0.1, -0.05) is 51.9 Å². The quantitative estimate of drug-likeness (QED) is 0.280. The first-order valence-corrected chi connectivity index (χ1v) is 12.0. The topological polar surface area (TPSA) is 20.2 Å². The summed E-state index contributed by atoms with van der Waals surface area (Å²) < 4.78 is 1.37. The van der Waals surface area contributed by atoms with Gasteiger partial charge in [0.15, 0.2) is 0 Å². The summed E-state index contributed by atoms with van der Waals surface area (Å²) in [6.45, 7) is 2.28. The summed E-state index contributed by atoms with van der Waals surface area (Å²) in [6.07, 6.45) is 14.2. The number of thioether (sulfide) groups is 1. The molecule has 0 aliphatic carbocycles. The van der Waals surface area contributed by atoms with Crippen LogP contribution in [0.15, 0.2) is 35.2 Å². The zero-order valence-corrected chi connectivity index (χ0v) is 17.6. The van der Waals surface area contributed by atoms with E-state index in [1.54, 1.807) is 11.8 Å². The Labute approximate surface area is 165 Å². The maximum atomic E-state index is 10.1. The lowest BCUT2D eigenvalue weighted by Gasteiger charge is -2.04. The molecule has 0 fully saturated rings. The molecule has 140 valence electrons. The molecule has 0 radical (unpaired) electrons. The van der Waals surface area contributed by atoms with Gasteiger partial charge in [0.05, 0.1) is 0 Å². The van der Waals surface area contributed by atoms with Crippen molar-refractivity contribution in [2.24, 2.45) is 0 Å². The molecule has 0 aliphatic heterocycles. The molecule has 0 aliphatic rings. The van der Waals surface area contributed by atoms with E-state index in [9.17, 15) is 5.11 Å². The monoisotopic (exact) mass is 386 g/mol. The molecule has 3 aromatic rings. The number of phenols is 1. The molecule has 2 aromatic carbocycles. The Kier molecular flexibility index (Phi) is 7.27. The van der Waals surface area contributed by atoms with Crippen LogP contribution in [0, 0.1) is 0 Å². The molecule has 1 heterocycles. The van der Waals surface area contributed by atoms with E-state index in [4.69, 9.17) is 0 Å². The van der Waals surface area contributed by atoms with Gasteiger partial charge in [-0.05, 0) is 65.6 Å². The van der Waals surface area contributed by atoms with E-state index in [0.717, 1.165) is 10.3 Å². The third-order valence-electron chi connectivity index (χ3n) is 5.10. The highest BCUT2D eigenvalue weighted by Crippen LogP contribution is 2.36. The maximum absolute atomic E-state index is 10.1. The maximum Gasteiger partial charge on any atom is 0.129 e. The van der Waals surface area contributed by atoms with Crippen LogP contribution in [0.1, 0.15) is 63.2 Å². The fourth-order valence-corrected chi connectivity index (χ4v) is 5.23. The van der Waals surface area contributed by atoms with Crippen molar-refractivity contribution in [3.05, 3.63) is 35.2 Å². The van der Waals surface area contributed by atoms with Crippen LogP contribution in [-0.4, -0.2) is 11.4 Å². The van der Waals surface area contributed by atoms with Gasteiger partial charge in [0.2, 0.25) is 0 Å². The third-order valence-corrected chi connectivity index (χ3v) is 7.03. The number of aromatic hydroxyl groups is 1. The van der Waals surface area contributed by atoms with Crippen LogP contribution < -0.4 is 0 Å². The lowest BCUT2D eigenvalue weighted by molar-refractivity contribution is 0.463. The van der Waals surface area contributed by atoms with Gasteiger partial charge in [-0.25, -0.2) is 0 Å². The summed E-state index contributed by atoms with van der Waals surface area (Å²) in [5.41, 5.74) is 0. The van der Waals surface area contributed by atoms with Crippen LogP contribution in [0.25, 0.3) is 20.9 Å². The number of aryl methyl sites for hydroxylation is 1. The van der Waals surface area contributed by atoms with E-state index < -0.39 is 0 Å². The summed E-state index contributed by atoms with van der Waals surface area (Å²) in [6, 6.07) is 10.9. The fraction of sp³-hybridized carbons (Fsp3) is 0.478. The average molecular weight is 387 g/mol. The van der Waals surface area contributed by atoms with Crippen molar-refractivity contribution >= 4 is 44.0 Å². The second kappa shape index (κ2) is 9.66. The Balaban J connectivity index is 1.59. The minimum atomic E-state index is 0.388. The average Bonchev–Trinajstić information content (AvgIpc) is 3.03. The van der Waals surface area contributed by atoms with Crippen LogP contribution >= 0.6 is 23.1 Å². The molecule has 26 heavy (non-hydrogen) atoms. The first-order chi connectivity index (χ1) is 12.7. The molecule has 0 atom stereocenters. The molecule has 0 amide bonds. The number of hydrogen-bond donors (Lipinski definition) is 1. The summed E-state index contributed by atoms with van der Waals surface area (Å²) in [5, 5.41) is 13.8. The van der Waals surface area contributed by atoms with E-state index in [2.05, 4.69) is 31.2 Å². The van der Waals surface area contributed by atoms with Crippen LogP contribution in [0.2, 0.25) is 0 Å². The van der Waals surface area contributed by atoms with Gasteiger partial charge in [-0.2, -0.15) is 0 Å². The summed E-state index contributed by atoms with van der Waals surface area (Å²) >= 11 is 3.53. The smallest absolute Gasteiger partial charge is 0.129 e. The first kappa shape index (κ1) is 19.6. The molecule has 3 rings (SSSR count). The van der Waals surface area contributed by atoms with Crippen molar-refractivity contribution < 1.29 is 5.11 Å². The van der Waals surface area contributed by atoms with Gasteiger partial charge in [-0.15, -0.1) is 23.1 Å². The normalized spacial score (nSPS) is 11.6. The number of fused-ring (bicyclic) bond motifs is 2. The zero-order chi connectivity index (χ0) is 18.4. The first-order valence-electron chi connectivity index (χ1n) is 9.94. The third kappa shape index (κ3) is 4.95. The summed E-state index contributed by atoms with van der Waals surface area (Å²) in [4.78, 5) is 2.45. The minimum Gasteiger partial charge on any atom is -0.507 e. The highest BCUT2D eigenvalue weighted by atomic mass is 32.2. The van der Waals surface area contributed by atoms with Crippen LogP contribution in [0.3, 0.4) is 0 Å². The van der Waals surface area contributed by atoms with Gasteiger partial charge in [0.1, 0.15) is 5.75 Å². The number of rotatable bonds is 10. The molecule has 1 nitrogen and oxygen atoms in total. The van der Waals surface area contributed by atoms with Gasteiger partial charge in [-0.3, -0.25) is 0 Å². The molecule has 1 N–H and O–H groups in total. The molecule has 0 saturated carbocycles. The van der Waals surface area contributed by atoms with Crippen LogP contribution in [-0.2, 0) is 6.42 Å². The van der Waals surface area contributed by atoms with E-state index in [0.29, 0.717) is 5.75 Å². The number of unbranched alkanes of at least 4 members (excludes halogenated alkanes) is 7. The van der Waals surface area contributed by atoms with Gasteiger partial charge in [0, 0.05) is 14.5 Å². The van der Waals surface area contributed by atoms with Crippen molar-refractivity contribution in [1.29, 1.82) is 0 Å². The summed E-state index contributed by atoms with van der Waals surface area (Å²) in [7, 11) is 0. The molecule has 0 spiro atoms. The molecule has 0 bridgehead atoms. The molecular formula is C23H30OS2. The Bertz CT molecular complexity index is 850. The fourth-order valence-electron chi connectivity index (χ4n) is 3.58. The van der Waals surface area contributed by atoms with E-state index in [1.165, 1.54) is 78.1 Å². The van der Waals surface area contributed by atoms with Crippen LogP contribution in [0.4, 0.5) is 0 Å². The van der Waals surface area contributed by atoms with Crippen molar-refractivity contribution in [2.45, 2.75) is 69.6 Å². The van der Waals surface area contributed by atoms with E-state index >= 15 is 0 Å². The molecule has 3 heteroatoms. The molecule has 0 unspecified atom stereocenters. The van der Waals surface area contributed by atoms with Gasteiger partial charge >= 0.3 is 0 Å². The second-order valence-electron chi connectivity index (χ2n) is 7.20. The number of hydrogen-bond acceptors (Lipinski definition) is 3. The molecule has 0 saturated heterocycles. The van der Waals surface area contributed by atoms with Gasteiger partial charge < -0.3 is 5.11 Å². The predicted octanol–water partition coefficient (Wildman–Crippen LogP) is 8.17. The lowest BCUT2D eigenvalue weighted by Crippen LogP contribution is -1.83. The van der Waals surface area contributed by atoms with E-state index in [-0.39, 0.29) is 0 Å². The van der Waals surface area contributed by atoms with Crippen molar-refractivity contribution in [2.75, 3.05) is 6.26 Å². The Morgan fingerprint density at radius 1 is 0.808 bits per heavy atom. The number of thiophene rings is 1. The number of phenolic OH excluding ortho intramolecular Hbond substituents is 1. The highest BCUT2D eigenvalue weighted by Gasteiger charge is 2.07. The SMILES string of the molecule is CCCCCCCCCCc1cc2cc3cc(O)c(SC)cc3cc2s1. The van der Waals surface area contributed by atoms with Crippen molar-refractivity contribution in [1.82, 2.24) is 0 Å². The highest BCUT2D eigenvalue weighted by molar-refractivity contribution is 7.98. The molecular weight excluding hydrogens is 356 g/mol. The van der Waals surface area contributed by atoms with Crippen molar-refractivity contribution in [3.8, 4) is 5.75 Å². The summed E-state index contributed by atoms with van der Waals surface area (Å²) in [5.74, 6) is 0.388. The Morgan fingerprint density at radius 2 is 1.50 bits per heavy atom. The Hall–Kier alpha value is -1.19. The lowest BCUT2D eigenvalue weighted by atomic mass is 10.1. The molecule has 1 aromatic heterocycles. The largest absolute Gasteiger partial charge is 0.507 e.